The highest BCUT2D eigenvalue weighted by molar-refractivity contribution is 6.30. The first-order valence-electron chi connectivity index (χ1n) is 9.22. The lowest BCUT2D eigenvalue weighted by atomic mass is 9.83. The van der Waals surface area contributed by atoms with Crippen LogP contribution in [0.1, 0.15) is 33.0 Å². The van der Waals surface area contributed by atoms with Gasteiger partial charge in [-0.15, -0.1) is 0 Å². The Morgan fingerprint density at radius 1 is 1.10 bits per heavy atom. The van der Waals surface area contributed by atoms with E-state index in [9.17, 15) is 10.1 Å². The molecule has 1 heterocycles. The molecule has 1 unspecified atom stereocenters. The van der Waals surface area contributed by atoms with Crippen molar-refractivity contribution in [2.24, 2.45) is 5.73 Å². The van der Waals surface area contributed by atoms with Gasteiger partial charge in [-0.2, -0.15) is 5.26 Å². The number of rotatable bonds is 3. The van der Waals surface area contributed by atoms with Gasteiger partial charge in [-0.1, -0.05) is 47.5 Å². The fraction of sp³-hybridized carbons (Fsp3) is 0.0833. The van der Waals surface area contributed by atoms with Crippen molar-refractivity contribution in [3.05, 3.63) is 105 Å². The monoisotopic (exact) mass is 416 g/mol. The molecule has 0 fully saturated rings. The third kappa shape index (κ3) is 3.73. The molecule has 3 aromatic carbocycles. The second kappa shape index (κ2) is 7.94. The molecule has 0 radical (unpaired) electrons. The van der Waals surface area contributed by atoms with Gasteiger partial charge < -0.3 is 15.2 Å². The zero-order valence-electron chi connectivity index (χ0n) is 16.1. The number of carbonyl (C=O) groups excluding carboxylic acids is 1. The molecule has 0 spiro atoms. The molecule has 0 saturated carbocycles. The van der Waals surface area contributed by atoms with Crippen LogP contribution in [0.4, 0.5) is 0 Å². The lowest BCUT2D eigenvalue weighted by Crippen LogP contribution is -2.21. The Morgan fingerprint density at radius 2 is 1.80 bits per heavy atom. The summed E-state index contributed by atoms with van der Waals surface area (Å²) >= 11 is 5.86. The average Bonchev–Trinajstić information content (AvgIpc) is 2.74. The average molecular weight is 417 g/mol. The minimum Gasteiger partial charge on any atom is -0.440 e. The Balaban J connectivity index is 1.68. The Kier molecular flexibility index (Phi) is 5.18. The molecule has 3 aromatic rings. The topological polar surface area (TPSA) is 85.3 Å². The molecule has 5 nitrogen and oxygen atoms in total. The first kappa shape index (κ1) is 19.6. The lowest BCUT2D eigenvalue weighted by Gasteiger charge is -2.26. The summed E-state index contributed by atoms with van der Waals surface area (Å²) in [6.07, 6.45) is 0. The van der Waals surface area contributed by atoms with E-state index in [2.05, 4.69) is 6.07 Å². The molecule has 0 bridgehead atoms. The van der Waals surface area contributed by atoms with E-state index < -0.39 is 5.97 Å². The molecule has 148 valence electrons. The van der Waals surface area contributed by atoms with Crippen molar-refractivity contribution >= 4 is 17.6 Å². The quantitative estimate of drug-likeness (QED) is 0.475. The molecule has 1 aliphatic rings. The third-order valence-corrected chi connectivity index (χ3v) is 5.14. The summed E-state index contributed by atoms with van der Waals surface area (Å²) in [5.74, 6) is -0.0843. The number of fused-ring (bicyclic) bond motifs is 1. The second-order valence-electron chi connectivity index (χ2n) is 6.93. The number of esters is 1. The number of hydrogen-bond donors (Lipinski definition) is 1. The van der Waals surface area contributed by atoms with Gasteiger partial charge in [0.05, 0.1) is 11.5 Å². The number of nitrogens with two attached hydrogens (primary N) is 1. The molecule has 4 rings (SSSR count). The Hall–Kier alpha value is -3.75. The highest BCUT2D eigenvalue weighted by Gasteiger charge is 2.31. The van der Waals surface area contributed by atoms with Crippen molar-refractivity contribution < 1.29 is 14.3 Å². The third-order valence-electron chi connectivity index (χ3n) is 4.89. The van der Waals surface area contributed by atoms with E-state index in [1.54, 1.807) is 42.5 Å². The first-order chi connectivity index (χ1) is 14.5. The van der Waals surface area contributed by atoms with Crippen LogP contribution in [0.3, 0.4) is 0 Å². The molecule has 1 aliphatic heterocycles. The highest BCUT2D eigenvalue weighted by Crippen LogP contribution is 2.43. The normalized spacial score (nSPS) is 15.0. The minimum atomic E-state index is -0.515. The predicted octanol–water partition coefficient (Wildman–Crippen LogP) is 5.09. The summed E-state index contributed by atoms with van der Waals surface area (Å²) < 4.78 is 11.1. The van der Waals surface area contributed by atoms with Crippen LogP contribution in [-0.2, 0) is 0 Å². The molecule has 1 atom stereocenters. The van der Waals surface area contributed by atoms with Crippen molar-refractivity contribution in [1.82, 2.24) is 0 Å². The van der Waals surface area contributed by atoms with E-state index in [1.165, 1.54) is 0 Å². The summed E-state index contributed by atoms with van der Waals surface area (Å²) in [6, 6.07) is 21.5. The molecular weight excluding hydrogens is 400 g/mol. The largest absolute Gasteiger partial charge is 0.440 e. The zero-order chi connectivity index (χ0) is 21.3. The van der Waals surface area contributed by atoms with Crippen molar-refractivity contribution in [1.29, 1.82) is 5.26 Å². The zero-order valence-corrected chi connectivity index (χ0v) is 16.8. The Morgan fingerprint density at radius 3 is 2.47 bits per heavy atom. The van der Waals surface area contributed by atoms with Gasteiger partial charge in [0.1, 0.15) is 23.1 Å². The van der Waals surface area contributed by atoms with Gasteiger partial charge in [0.2, 0.25) is 5.88 Å². The van der Waals surface area contributed by atoms with Gasteiger partial charge >= 0.3 is 5.97 Å². The van der Waals surface area contributed by atoms with E-state index in [1.807, 2.05) is 31.2 Å². The number of halogens is 1. The number of hydrogen-bond acceptors (Lipinski definition) is 5. The number of aryl methyl sites for hydroxylation is 1. The number of benzene rings is 3. The van der Waals surface area contributed by atoms with E-state index in [-0.39, 0.29) is 11.8 Å². The molecule has 0 amide bonds. The van der Waals surface area contributed by atoms with Gasteiger partial charge in [-0.25, -0.2) is 4.79 Å². The van der Waals surface area contributed by atoms with Gasteiger partial charge in [0.15, 0.2) is 0 Å². The van der Waals surface area contributed by atoms with Crippen LogP contribution in [0.5, 0.6) is 11.5 Å². The van der Waals surface area contributed by atoms with Gasteiger partial charge in [0, 0.05) is 16.7 Å². The Bertz CT molecular complexity index is 1190. The SMILES string of the molecule is Cc1ccc(C2C(C#N)=C(N)Oc3cc(OC(=O)c4ccc(Cl)cc4)ccc32)cc1. The van der Waals surface area contributed by atoms with Crippen molar-refractivity contribution in [2.75, 3.05) is 0 Å². The van der Waals surface area contributed by atoms with E-state index in [0.717, 1.165) is 16.7 Å². The summed E-state index contributed by atoms with van der Waals surface area (Å²) in [4.78, 5) is 12.4. The van der Waals surface area contributed by atoms with Crippen LogP contribution in [0.2, 0.25) is 5.02 Å². The molecule has 6 heteroatoms. The smallest absolute Gasteiger partial charge is 0.343 e. The van der Waals surface area contributed by atoms with Crippen LogP contribution >= 0.6 is 11.6 Å². The number of ether oxygens (including phenoxy) is 2. The summed E-state index contributed by atoms with van der Waals surface area (Å²) in [7, 11) is 0. The van der Waals surface area contributed by atoms with E-state index in [0.29, 0.717) is 27.7 Å². The fourth-order valence-corrected chi connectivity index (χ4v) is 3.48. The summed E-state index contributed by atoms with van der Waals surface area (Å²) in [5, 5.41) is 10.2. The van der Waals surface area contributed by atoms with E-state index in [4.69, 9.17) is 26.8 Å². The van der Waals surface area contributed by atoms with Gasteiger partial charge in [-0.3, -0.25) is 0 Å². The van der Waals surface area contributed by atoms with Crippen LogP contribution < -0.4 is 15.2 Å². The lowest BCUT2D eigenvalue weighted by molar-refractivity contribution is 0.0734. The fourth-order valence-electron chi connectivity index (χ4n) is 3.35. The number of nitriles is 1. The summed E-state index contributed by atoms with van der Waals surface area (Å²) in [6.45, 7) is 2.00. The molecule has 0 aliphatic carbocycles. The van der Waals surface area contributed by atoms with Crippen molar-refractivity contribution in [3.63, 3.8) is 0 Å². The standard InChI is InChI=1S/C24H17ClN2O3/c1-14-2-4-15(5-3-14)22-19-11-10-18(12-21(19)30-23(27)20(22)13-26)29-24(28)16-6-8-17(25)9-7-16/h2-12,22H,27H2,1H3. The molecule has 0 aromatic heterocycles. The maximum atomic E-state index is 12.4. The maximum Gasteiger partial charge on any atom is 0.343 e. The number of nitrogens with zero attached hydrogens (tertiary/aromatic N) is 1. The predicted molar refractivity (Wildman–Crippen MR) is 113 cm³/mol. The van der Waals surface area contributed by atoms with E-state index >= 15 is 0 Å². The molecule has 30 heavy (non-hydrogen) atoms. The van der Waals surface area contributed by atoms with Crippen LogP contribution in [0.15, 0.2) is 78.2 Å². The molecular formula is C24H17ClN2O3. The molecule has 0 saturated heterocycles. The first-order valence-corrected chi connectivity index (χ1v) is 9.60. The number of allylic oxidation sites excluding steroid dienone is 1. The summed E-state index contributed by atoms with van der Waals surface area (Å²) in [5.41, 5.74) is 9.57. The number of carbonyl (C=O) groups is 1. The Labute approximate surface area is 178 Å². The van der Waals surface area contributed by atoms with Crippen molar-refractivity contribution in [3.8, 4) is 17.6 Å². The van der Waals surface area contributed by atoms with Gasteiger partial charge in [-0.05, 0) is 42.8 Å². The second-order valence-corrected chi connectivity index (χ2v) is 7.37. The van der Waals surface area contributed by atoms with Gasteiger partial charge in [0.25, 0.3) is 0 Å². The van der Waals surface area contributed by atoms with Crippen LogP contribution in [-0.4, -0.2) is 5.97 Å². The molecule has 2 N–H and O–H groups in total. The maximum absolute atomic E-state index is 12.4. The highest BCUT2D eigenvalue weighted by atomic mass is 35.5. The van der Waals surface area contributed by atoms with Crippen LogP contribution in [0, 0.1) is 18.3 Å². The van der Waals surface area contributed by atoms with Crippen LogP contribution in [0.25, 0.3) is 0 Å². The minimum absolute atomic E-state index is 0.0387. The van der Waals surface area contributed by atoms with Crippen molar-refractivity contribution in [2.45, 2.75) is 12.8 Å².